The van der Waals surface area contributed by atoms with Crippen LogP contribution in [0.4, 0.5) is 5.69 Å². The van der Waals surface area contributed by atoms with Crippen LogP contribution >= 0.6 is 0 Å². The molecule has 4 N–H and O–H groups in total. The van der Waals surface area contributed by atoms with E-state index in [0.29, 0.717) is 12.2 Å². The second-order valence-corrected chi connectivity index (χ2v) is 3.77. The molecule has 0 spiro atoms. The Morgan fingerprint density at radius 1 is 1.59 bits per heavy atom. The van der Waals surface area contributed by atoms with Gasteiger partial charge in [-0.15, -0.1) is 0 Å². The number of aryl methyl sites for hydroxylation is 1. The lowest BCUT2D eigenvalue weighted by atomic mass is 10.2. The molecular formula is C10H14N6O. The highest BCUT2D eigenvalue weighted by Crippen LogP contribution is 2.01. The normalized spacial score (nSPS) is 10.4. The quantitative estimate of drug-likeness (QED) is 0.682. The summed E-state index contributed by atoms with van der Waals surface area (Å²) < 4.78 is 1.49. The number of hydrogen-bond acceptors (Lipinski definition) is 4. The van der Waals surface area contributed by atoms with E-state index in [0.717, 1.165) is 11.3 Å². The van der Waals surface area contributed by atoms with E-state index in [4.69, 9.17) is 5.73 Å². The SMILES string of the molecule is Cc1[nH]ncc1CNC(=O)Cn1cc(N)cn1. The van der Waals surface area contributed by atoms with E-state index in [2.05, 4.69) is 20.6 Å². The van der Waals surface area contributed by atoms with E-state index in [-0.39, 0.29) is 12.5 Å². The van der Waals surface area contributed by atoms with Gasteiger partial charge in [0.15, 0.2) is 0 Å². The molecule has 0 aliphatic carbocycles. The molecule has 0 aromatic carbocycles. The van der Waals surface area contributed by atoms with E-state index in [1.807, 2.05) is 6.92 Å². The average Bonchev–Trinajstić information content (AvgIpc) is 2.85. The molecule has 1 amide bonds. The minimum absolute atomic E-state index is 0.117. The van der Waals surface area contributed by atoms with Gasteiger partial charge >= 0.3 is 0 Å². The summed E-state index contributed by atoms with van der Waals surface area (Å²) in [6.45, 7) is 2.52. The zero-order valence-corrected chi connectivity index (χ0v) is 9.47. The van der Waals surface area contributed by atoms with Gasteiger partial charge in [-0.05, 0) is 6.92 Å². The molecule has 0 unspecified atom stereocenters. The van der Waals surface area contributed by atoms with Crippen molar-refractivity contribution in [1.29, 1.82) is 0 Å². The molecule has 0 radical (unpaired) electrons. The van der Waals surface area contributed by atoms with Crippen LogP contribution < -0.4 is 11.1 Å². The standard InChI is InChI=1S/C10H14N6O/c1-7-8(3-13-15-7)2-12-10(17)6-16-5-9(11)4-14-16/h3-5H,2,6,11H2,1H3,(H,12,17)(H,13,15). The minimum Gasteiger partial charge on any atom is -0.396 e. The van der Waals surface area contributed by atoms with Crippen molar-refractivity contribution in [1.82, 2.24) is 25.3 Å². The van der Waals surface area contributed by atoms with Gasteiger partial charge in [0.25, 0.3) is 0 Å². The average molecular weight is 234 g/mol. The molecule has 7 nitrogen and oxygen atoms in total. The molecule has 2 rings (SSSR count). The third kappa shape index (κ3) is 2.83. The van der Waals surface area contributed by atoms with Crippen LogP contribution in [0.2, 0.25) is 0 Å². The third-order valence-electron chi connectivity index (χ3n) is 2.37. The molecule has 2 heterocycles. The summed E-state index contributed by atoms with van der Waals surface area (Å²) in [5.74, 6) is -0.117. The number of nitrogen functional groups attached to an aromatic ring is 1. The van der Waals surface area contributed by atoms with Crippen molar-refractivity contribution in [3.05, 3.63) is 29.8 Å². The topological polar surface area (TPSA) is 102 Å². The number of nitrogens with two attached hydrogens (primary N) is 1. The fourth-order valence-electron chi connectivity index (χ4n) is 1.42. The number of nitrogens with one attached hydrogen (secondary N) is 2. The van der Waals surface area contributed by atoms with Gasteiger partial charge in [-0.1, -0.05) is 0 Å². The van der Waals surface area contributed by atoms with Crippen molar-refractivity contribution in [3.8, 4) is 0 Å². The molecule has 90 valence electrons. The molecule has 0 saturated heterocycles. The number of anilines is 1. The number of H-pyrrole nitrogens is 1. The maximum absolute atomic E-state index is 11.6. The van der Waals surface area contributed by atoms with Crippen LogP contribution in [0.5, 0.6) is 0 Å². The summed E-state index contributed by atoms with van der Waals surface area (Å²) in [4.78, 5) is 11.6. The lowest BCUT2D eigenvalue weighted by molar-refractivity contribution is -0.122. The van der Waals surface area contributed by atoms with Gasteiger partial charge in [0, 0.05) is 24.0 Å². The Morgan fingerprint density at radius 2 is 2.41 bits per heavy atom. The number of rotatable bonds is 4. The monoisotopic (exact) mass is 234 g/mol. The predicted octanol–water partition coefficient (Wildman–Crippen LogP) is -0.187. The molecule has 2 aromatic rings. The van der Waals surface area contributed by atoms with Crippen LogP contribution in [0.25, 0.3) is 0 Å². The molecule has 0 atom stereocenters. The van der Waals surface area contributed by atoms with Crippen LogP contribution in [0.1, 0.15) is 11.3 Å². The third-order valence-corrected chi connectivity index (χ3v) is 2.37. The van der Waals surface area contributed by atoms with Gasteiger partial charge in [-0.25, -0.2) is 0 Å². The summed E-state index contributed by atoms with van der Waals surface area (Å²) in [5.41, 5.74) is 7.97. The predicted molar refractivity (Wildman–Crippen MR) is 61.8 cm³/mol. The van der Waals surface area contributed by atoms with E-state index >= 15 is 0 Å². The van der Waals surface area contributed by atoms with Crippen molar-refractivity contribution in [2.24, 2.45) is 0 Å². The van der Waals surface area contributed by atoms with Gasteiger partial charge in [0.2, 0.25) is 5.91 Å². The molecule has 0 aliphatic rings. The first-order valence-corrected chi connectivity index (χ1v) is 5.18. The van der Waals surface area contributed by atoms with Gasteiger partial charge in [0.05, 0.1) is 18.1 Å². The summed E-state index contributed by atoms with van der Waals surface area (Å²) >= 11 is 0. The summed E-state index contributed by atoms with van der Waals surface area (Å²) in [7, 11) is 0. The van der Waals surface area contributed by atoms with Gasteiger partial charge in [-0.2, -0.15) is 10.2 Å². The maximum Gasteiger partial charge on any atom is 0.242 e. The second-order valence-electron chi connectivity index (χ2n) is 3.77. The Kier molecular flexibility index (Phi) is 3.08. The first-order chi connectivity index (χ1) is 8.15. The highest BCUT2D eigenvalue weighted by Gasteiger charge is 2.05. The fraction of sp³-hybridized carbons (Fsp3) is 0.300. The Hall–Kier alpha value is -2.31. The number of nitrogens with zero attached hydrogens (tertiary/aromatic N) is 3. The Balaban J connectivity index is 1.84. The van der Waals surface area contributed by atoms with Gasteiger partial charge in [-0.3, -0.25) is 14.6 Å². The van der Waals surface area contributed by atoms with E-state index in [1.165, 1.54) is 10.9 Å². The van der Waals surface area contributed by atoms with Gasteiger partial charge < -0.3 is 11.1 Å². The molecule has 17 heavy (non-hydrogen) atoms. The Bertz CT molecular complexity index is 514. The second kappa shape index (κ2) is 4.69. The number of hydrogen-bond donors (Lipinski definition) is 3. The van der Waals surface area contributed by atoms with E-state index in [9.17, 15) is 4.79 Å². The highest BCUT2D eigenvalue weighted by atomic mass is 16.2. The Morgan fingerprint density at radius 3 is 3.00 bits per heavy atom. The zero-order chi connectivity index (χ0) is 12.3. The number of carbonyl (C=O) groups is 1. The zero-order valence-electron chi connectivity index (χ0n) is 9.47. The lowest BCUT2D eigenvalue weighted by Crippen LogP contribution is -2.27. The van der Waals surface area contributed by atoms with E-state index < -0.39 is 0 Å². The number of carbonyl (C=O) groups excluding carboxylic acids is 1. The van der Waals surface area contributed by atoms with Crippen molar-refractivity contribution in [2.75, 3.05) is 5.73 Å². The van der Waals surface area contributed by atoms with Crippen LogP contribution in [-0.2, 0) is 17.9 Å². The van der Waals surface area contributed by atoms with Gasteiger partial charge in [0.1, 0.15) is 6.54 Å². The summed E-state index contributed by atoms with van der Waals surface area (Å²) in [6.07, 6.45) is 4.82. The first-order valence-electron chi connectivity index (χ1n) is 5.18. The van der Waals surface area contributed by atoms with Crippen molar-refractivity contribution in [2.45, 2.75) is 20.0 Å². The number of aromatic amines is 1. The van der Waals surface area contributed by atoms with E-state index in [1.54, 1.807) is 12.4 Å². The largest absolute Gasteiger partial charge is 0.396 e. The van der Waals surface area contributed by atoms with Crippen LogP contribution in [-0.4, -0.2) is 25.9 Å². The molecule has 7 heteroatoms. The van der Waals surface area contributed by atoms with Crippen LogP contribution in [0.3, 0.4) is 0 Å². The van der Waals surface area contributed by atoms with Crippen molar-refractivity contribution >= 4 is 11.6 Å². The molecule has 2 aromatic heterocycles. The first kappa shape index (κ1) is 11.2. The lowest BCUT2D eigenvalue weighted by Gasteiger charge is -2.04. The highest BCUT2D eigenvalue weighted by molar-refractivity contribution is 5.75. The number of amides is 1. The summed E-state index contributed by atoms with van der Waals surface area (Å²) in [6, 6.07) is 0. The molecule has 0 saturated carbocycles. The van der Waals surface area contributed by atoms with Crippen LogP contribution in [0.15, 0.2) is 18.6 Å². The van der Waals surface area contributed by atoms with Crippen molar-refractivity contribution < 1.29 is 4.79 Å². The van der Waals surface area contributed by atoms with Crippen molar-refractivity contribution in [3.63, 3.8) is 0 Å². The maximum atomic E-state index is 11.6. The number of aromatic nitrogens is 4. The Labute approximate surface area is 98.0 Å². The molecule has 0 fully saturated rings. The minimum atomic E-state index is -0.117. The molecule has 0 bridgehead atoms. The molecular weight excluding hydrogens is 220 g/mol. The molecule has 0 aliphatic heterocycles. The van der Waals surface area contributed by atoms with Crippen LogP contribution in [0, 0.1) is 6.92 Å². The fourth-order valence-corrected chi connectivity index (χ4v) is 1.42. The smallest absolute Gasteiger partial charge is 0.242 e. The summed E-state index contributed by atoms with van der Waals surface area (Å²) in [5, 5.41) is 13.4.